The maximum absolute atomic E-state index is 12.2. The summed E-state index contributed by atoms with van der Waals surface area (Å²) in [7, 11) is 0. The van der Waals surface area contributed by atoms with Gasteiger partial charge in [0, 0.05) is 16.6 Å². The Bertz CT molecular complexity index is 663. The van der Waals surface area contributed by atoms with Crippen LogP contribution >= 0.6 is 15.9 Å². The minimum atomic E-state index is -0.187. The number of nitrogens with two attached hydrogens (primary N) is 1. The Morgan fingerprint density at radius 1 is 1.33 bits per heavy atom. The minimum absolute atomic E-state index is 0.0280. The average molecular weight is 347 g/mol. The Labute approximate surface area is 131 Å². The molecule has 3 N–H and O–H groups in total. The van der Waals surface area contributed by atoms with Gasteiger partial charge in [0.1, 0.15) is 11.9 Å². The molecular formula is C16H15BrN2O2. The third-order valence-electron chi connectivity index (χ3n) is 3.46. The summed E-state index contributed by atoms with van der Waals surface area (Å²) in [4.78, 5) is 12.2. The maximum Gasteiger partial charge on any atom is 0.253 e. The first-order valence-electron chi connectivity index (χ1n) is 6.71. The average Bonchev–Trinajstić information content (AvgIpc) is 2.90. The van der Waals surface area contributed by atoms with E-state index in [9.17, 15) is 4.79 Å². The summed E-state index contributed by atoms with van der Waals surface area (Å²) in [5, 5.41) is 2.88. The van der Waals surface area contributed by atoms with E-state index in [1.165, 1.54) is 5.56 Å². The highest BCUT2D eigenvalue weighted by atomic mass is 79.9. The van der Waals surface area contributed by atoms with Gasteiger partial charge in [0.25, 0.3) is 5.91 Å². The lowest BCUT2D eigenvalue weighted by atomic mass is 10.1. The molecule has 21 heavy (non-hydrogen) atoms. The van der Waals surface area contributed by atoms with Crippen LogP contribution in [-0.4, -0.2) is 18.6 Å². The molecular weight excluding hydrogens is 332 g/mol. The van der Waals surface area contributed by atoms with Crippen LogP contribution in [0, 0.1) is 0 Å². The van der Waals surface area contributed by atoms with Gasteiger partial charge >= 0.3 is 0 Å². The number of halogens is 1. The highest BCUT2D eigenvalue weighted by Gasteiger charge is 2.23. The molecule has 0 fully saturated rings. The summed E-state index contributed by atoms with van der Waals surface area (Å²) in [6.07, 6.45) is 0.782. The van der Waals surface area contributed by atoms with Gasteiger partial charge < -0.3 is 15.8 Å². The molecule has 0 aliphatic carbocycles. The van der Waals surface area contributed by atoms with Crippen molar-refractivity contribution >= 4 is 27.5 Å². The third kappa shape index (κ3) is 3.03. The lowest BCUT2D eigenvalue weighted by Crippen LogP contribution is -2.34. The molecule has 0 bridgehead atoms. The van der Waals surface area contributed by atoms with Crippen LogP contribution in [-0.2, 0) is 6.42 Å². The van der Waals surface area contributed by atoms with E-state index in [0.717, 1.165) is 16.6 Å². The van der Waals surface area contributed by atoms with Gasteiger partial charge in [0.05, 0.1) is 12.1 Å². The van der Waals surface area contributed by atoms with E-state index in [1.54, 1.807) is 12.1 Å². The SMILES string of the molecule is Nc1ccc(Br)cc1C(=O)NCC1Cc2ccccc2O1. The van der Waals surface area contributed by atoms with Gasteiger partial charge in [0.15, 0.2) is 0 Å². The summed E-state index contributed by atoms with van der Waals surface area (Å²) < 4.78 is 6.62. The fraction of sp³-hybridized carbons (Fsp3) is 0.188. The largest absolute Gasteiger partial charge is 0.488 e. The molecule has 1 amide bonds. The monoisotopic (exact) mass is 346 g/mol. The summed E-state index contributed by atoms with van der Waals surface area (Å²) in [5.74, 6) is 0.715. The molecule has 5 heteroatoms. The van der Waals surface area contributed by atoms with Crippen molar-refractivity contribution in [2.24, 2.45) is 0 Å². The number of para-hydroxylation sites is 1. The maximum atomic E-state index is 12.2. The molecule has 1 heterocycles. The summed E-state index contributed by atoms with van der Waals surface area (Å²) in [6.45, 7) is 0.458. The molecule has 0 spiro atoms. The van der Waals surface area contributed by atoms with E-state index in [4.69, 9.17) is 10.5 Å². The topological polar surface area (TPSA) is 64.4 Å². The van der Waals surface area contributed by atoms with Gasteiger partial charge in [0.2, 0.25) is 0 Å². The van der Waals surface area contributed by atoms with Crippen molar-refractivity contribution in [1.82, 2.24) is 5.32 Å². The number of nitrogen functional groups attached to an aromatic ring is 1. The number of anilines is 1. The van der Waals surface area contributed by atoms with Crippen LogP contribution in [0.2, 0.25) is 0 Å². The van der Waals surface area contributed by atoms with E-state index >= 15 is 0 Å². The Hall–Kier alpha value is -2.01. The molecule has 0 radical (unpaired) electrons. The van der Waals surface area contributed by atoms with Crippen LogP contribution in [0.3, 0.4) is 0 Å². The lowest BCUT2D eigenvalue weighted by Gasteiger charge is -2.13. The molecule has 0 saturated heterocycles. The predicted octanol–water partition coefficient (Wildman–Crippen LogP) is 2.76. The molecule has 108 valence electrons. The van der Waals surface area contributed by atoms with Gasteiger partial charge in [-0.2, -0.15) is 0 Å². The van der Waals surface area contributed by atoms with Crippen LogP contribution in [0.15, 0.2) is 46.9 Å². The number of amides is 1. The van der Waals surface area contributed by atoms with Crippen LogP contribution in [0.1, 0.15) is 15.9 Å². The third-order valence-corrected chi connectivity index (χ3v) is 3.96. The zero-order valence-corrected chi connectivity index (χ0v) is 12.9. The highest BCUT2D eigenvalue weighted by molar-refractivity contribution is 9.10. The first-order chi connectivity index (χ1) is 10.1. The molecule has 3 rings (SSSR count). The smallest absolute Gasteiger partial charge is 0.253 e. The molecule has 0 saturated carbocycles. The summed E-state index contributed by atoms with van der Waals surface area (Å²) in [5.41, 5.74) is 7.95. The Morgan fingerprint density at radius 2 is 2.14 bits per heavy atom. The fourth-order valence-electron chi connectivity index (χ4n) is 2.39. The number of carbonyl (C=O) groups excluding carboxylic acids is 1. The molecule has 2 aromatic rings. The zero-order chi connectivity index (χ0) is 14.8. The number of rotatable bonds is 3. The zero-order valence-electron chi connectivity index (χ0n) is 11.3. The first kappa shape index (κ1) is 13.9. The van der Waals surface area contributed by atoms with E-state index in [0.29, 0.717) is 17.8 Å². The molecule has 0 aromatic heterocycles. The van der Waals surface area contributed by atoms with E-state index < -0.39 is 0 Å². The molecule has 4 nitrogen and oxygen atoms in total. The summed E-state index contributed by atoms with van der Waals surface area (Å²) >= 11 is 3.34. The van der Waals surface area contributed by atoms with Crippen molar-refractivity contribution in [3.63, 3.8) is 0 Å². The second-order valence-corrected chi connectivity index (χ2v) is 5.91. The van der Waals surface area contributed by atoms with Crippen LogP contribution in [0.4, 0.5) is 5.69 Å². The van der Waals surface area contributed by atoms with Gasteiger partial charge in [-0.3, -0.25) is 4.79 Å². The molecule has 2 aromatic carbocycles. The van der Waals surface area contributed by atoms with Crippen molar-refractivity contribution in [3.05, 3.63) is 58.1 Å². The van der Waals surface area contributed by atoms with Crippen molar-refractivity contribution in [3.8, 4) is 5.75 Å². The number of benzene rings is 2. The minimum Gasteiger partial charge on any atom is -0.488 e. The normalized spacial score (nSPS) is 16.1. The Balaban J connectivity index is 1.61. The van der Waals surface area contributed by atoms with Gasteiger partial charge in [-0.15, -0.1) is 0 Å². The quantitative estimate of drug-likeness (QED) is 0.840. The van der Waals surface area contributed by atoms with Gasteiger partial charge in [-0.25, -0.2) is 0 Å². The lowest BCUT2D eigenvalue weighted by molar-refractivity contribution is 0.0934. The number of ether oxygens (including phenoxy) is 1. The molecule has 1 aliphatic rings. The Morgan fingerprint density at radius 3 is 2.95 bits per heavy atom. The molecule has 1 aliphatic heterocycles. The highest BCUT2D eigenvalue weighted by Crippen LogP contribution is 2.27. The number of carbonyl (C=O) groups is 1. The van der Waals surface area contributed by atoms with Crippen molar-refractivity contribution < 1.29 is 9.53 Å². The first-order valence-corrected chi connectivity index (χ1v) is 7.50. The number of nitrogens with one attached hydrogen (secondary N) is 1. The van der Waals surface area contributed by atoms with Gasteiger partial charge in [-0.1, -0.05) is 34.1 Å². The van der Waals surface area contributed by atoms with Crippen LogP contribution in [0.25, 0.3) is 0 Å². The number of fused-ring (bicyclic) bond motifs is 1. The van der Waals surface area contributed by atoms with Crippen molar-refractivity contribution in [2.75, 3.05) is 12.3 Å². The predicted molar refractivity (Wildman–Crippen MR) is 85.4 cm³/mol. The van der Waals surface area contributed by atoms with Crippen LogP contribution in [0.5, 0.6) is 5.75 Å². The van der Waals surface area contributed by atoms with E-state index in [-0.39, 0.29) is 12.0 Å². The van der Waals surface area contributed by atoms with Crippen molar-refractivity contribution in [2.45, 2.75) is 12.5 Å². The second kappa shape index (κ2) is 5.77. The van der Waals surface area contributed by atoms with Gasteiger partial charge in [-0.05, 0) is 29.8 Å². The molecule has 1 atom stereocenters. The standard InChI is InChI=1S/C16H15BrN2O2/c17-11-5-6-14(18)13(8-11)16(20)19-9-12-7-10-3-1-2-4-15(10)21-12/h1-6,8,12H,7,9,18H2,(H,19,20). The summed E-state index contributed by atoms with van der Waals surface area (Å²) in [6, 6.07) is 13.2. The fourth-order valence-corrected chi connectivity index (χ4v) is 2.76. The van der Waals surface area contributed by atoms with E-state index in [2.05, 4.69) is 21.2 Å². The number of hydrogen-bond donors (Lipinski definition) is 2. The molecule has 1 unspecified atom stereocenters. The van der Waals surface area contributed by atoms with Crippen LogP contribution < -0.4 is 15.8 Å². The number of hydrogen-bond acceptors (Lipinski definition) is 3. The van der Waals surface area contributed by atoms with Crippen molar-refractivity contribution in [1.29, 1.82) is 0 Å². The van der Waals surface area contributed by atoms with E-state index in [1.807, 2.05) is 30.3 Å². The Kier molecular flexibility index (Phi) is 3.84. The second-order valence-electron chi connectivity index (χ2n) is 4.99.